The van der Waals surface area contributed by atoms with Crippen LogP contribution < -0.4 is 0 Å². The van der Waals surface area contributed by atoms with E-state index in [9.17, 15) is 19.2 Å². The van der Waals surface area contributed by atoms with Gasteiger partial charge in [0.15, 0.2) is 13.2 Å². The number of ether oxygens (including phenoxy) is 4. The van der Waals surface area contributed by atoms with Crippen molar-refractivity contribution in [3.63, 3.8) is 0 Å². The van der Waals surface area contributed by atoms with Crippen molar-refractivity contribution >= 4 is 23.9 Å². The summed E-state index contributed by atoms with van der Waals surface area (Å²) < 4.78 is 18.9. The van der Waals surface area contributed by atoms with Gasteiger partial charge in [-0.25, -0.2) is 19.2 Å². The maximum atomic E-state index is 11.6. The minimum absolute atomic E-state index is 0.274. The van der Waals surface area contributed by atoms with E-state index < -0.39 is 43.4 Å². The third kappa shape index (κ3) is 11.0. The Bertz CT molecular complexity index is 431. The van der Waals surface area contributed by atoms with Crippen LogP contribution in [-0.2, 0) is 38.1 Å². The lowest BCUT2D eigenvalue weighted by molar-refractivity contribution is -0.195. The predicted octanol–water partition coefficient (Wildman–Crippen LogP) is 1.44. The Morgan fingerprint density at radius 3 is 1.71 bits per heavy atom. The van der Waals surface area contributed by atoms with E-state index in [1.54, 1.807) is 0 Å². The third-order valence-electron chi connectivity index (χ3n) is 2.57. The van der Waals surface area contributed by atoms with Crippen molar-refractivity contribution in [2.45, 2.75) is 38.9 Å². The highest BCUT2D eigenvalue weighted by Crippen LogP contribution is 2.09. The van der Waals surface area contributed by atoms with Crippen molar-refractivity contribution < 1.29 is 38.1 Å². The maximum Gasteiger partial charge on any atom is 0.347 e. The van der Waals surface area contributed by atoms with E-state index in [-0.39, 0.29) is 6.42 Å². The van der Waals surface area contributed by atoms with E-state index in [0.717, 1.165) is 25.0 Å². The van der Waals surface area contributed by atoms with Crippen molar-refractivity contribution in [2.75, 3.05) is 13.2 Å². The van der Waals surface area contributed by atoms with Crippen LogP contribution in [0.4, 0.5) is 0 Å². The molecule has 0 aromatic rings. The second-order valence-corrected chi connectivity index (χ2v) is 4.53. The lowest BCUT2D eigenvalue weighted by atomic mass is 10.2. The first-order valence-electron chi connectivity index (χ1n) is 7.40. The second kappa shape index (κ2) is 12.9. The van der Waals surface area contributed by atoms with Gasteiger partial charge in [-0.3, -0.25) is 0 Å². The molecule has 0 spiro atoms. The third-order valence-corrected chi connectivity index (χ3v) is 2.57. The Morgan fingerprint density at radius 2 is 1.33 bits per heavy atom. The van der Waals surface area contributed by atoms with Crippen LogP contribution in [0.25, 0.3) is 0 Å². The summed E-state index contributed by atoms with van der Waals surface area (Å²) in [5, 5.41) is 0. The van der Waals surface area contributed by atoms with E-state index in [1.807, 2.05) is 6.92 Å². The van der Waals surface area contributed by atoms with E-state index in [2.05, 4.69) is 22.6 Å². The Kier molecular flexibility index (Phi) is 11.4. The molecule has 134 valence electrons. The molecule has 0 aliphatic carbocycles. The largest absolute Gasteiger partial charge is 0.451 e. The molecule has 24 heavy (non-hydrogen) atoms. The summed E-state index contributed by atoms with van der Waals surface area (Å²) in [6, 6.07) is 0. The number of esters is 4. The van der Waals surface area contributed by atoms with E-state index in [4.69, 9.17) is 9.47 Å². The van der Waals surface area contributed by atoms with Crippen LogP contribution in [0, 0.1) is 0 Å². The van der Waals surface area contributed by atoms with Gasteiger partial charge in [-0.15, -0.1) is 0 Å². The van der Waals surface area contributed by atoms with Crippen molar-refractivity contribution in [2.24, 2.45) is 0 Å². The average Bonchev–Trinajstić information content (AvgIpc) is 2.57. The number of carbonyl (C=O) groups excluding carboxylic acids is 4. The molecule has 0 N–H and O–H groups in total. The molecule has 0 radical (unpaired) electrons. The molecule has 8 nitrogen and oxygen atoms in total. The summed E-state index contributed by atoms with van der Waals surface area (Å²) in [6.07, 6.45) is 3.35. The number of hydrogen-bond donors (Lipinski definition) is 0. The summed E-state index contributed by atoms with van der Waals surface area (Å²) >= 11 is 0. The molecule has 0 bridgehead atoms. The van der Waals surface area contributed by atoms with E-state index in [1.165, 1.54) is 0 Å². The van der Waals surface area contributed by atoms with Crippen LogP contribution >= 0.6 is 0 Å². The SMILES string of the molecule is C=CC(=O)OCC(=O)OC(CCCCC)OC(=O)COC(=O)C=C. The normalized spacial score (nSPS) is 9.75. The monoisotopic (exact) mass is 342 g/mol. The van der Waals surface area contributed by atoms with Crippen LogP contribution in [-0.4, -0.2) is 43.4 Å². The molecule has 0 atom stereocenters. The molecule has 0 aliphatic heterocycles. The molecule has 0 fully saturated rings. The minimum atomic E-state index is -1.15. The van der Waals surface area contributed by atoms with Crippen molar-refractivity contribution in [1.29, 1.82) is 0 Å². The van der Waals surface area contributed by atoms with Crippen LogP contribution in [0.2, 0.25) is 0 Å². The Balaban J connectivity index is 4.44. The van der Waals surface area contributed by atoms with E-state index in [0.29, 0.717) is 6.42 Å². The first kappa shape index (κ1) is 21.4. The molecule has 0 saturated heterocycles. The standard InChI is InChI=1S/C16H22O8/c1-4-7-8-9-16(23-14(19)10-21-12(17)5-2)24-15(20)11-22-13(18)6-3/h5-6,16H,2-4,7-11H2,1H3. The number of carbonyl (C=O) groups is 4. The zero-order valence-electron chi connectivity index (χ0n) is 13.7. The molecule has 0 amide bonds. The highest BCUT2D eigenvalue weighted by atomic mass is 16.7. The lowest BCUT2D eigenvalue weighted by Crippen LogP contribution is -2.29. The quantitative estimate of drug-likeness (QED) is 0.172. The van der Waals surface area contributed by atoms with Crippen LogP contribution in [0.1, 0.15) is 32.6 Å². The fourth-order valence-electron chi connectivity index (χ4n) is 1.44. The second-order valence-electron chi connectivity index (χ2n) is 4.53. The Labute approximate surface area is 140 Å². The number of unbranched alkanes of at least 4 members (excludes halogenated alkanes) is 2. The minimum Gasteiger partial charge on any atom is -0.451 e. The molecule has 0 aromatic heterocycles. The van der Waals surface area contributed by atoms with Gasteiger partial charge < -0.3 is 18.9 Å². The number of hydrogen-bond acceptors (Lipinski definition) is 8. The van der Waals surface area contributed by atoms with Crippen LogP contribution in [0.15, 0.2) is 25.3 Å². The molecule has 0 aromatic carbocycles. The smallest absolute Gasteiger partial charge is 0.347 e. The van der Waals surface area contributed by atoms with Gasteiger partial charge >= 0.3 is 23.9 Å². The van der Waals surface area contributed by atoms with Gasteiger partial charge in [-0.2, -0.15) is 0 Å². The Hall–Kier alpha value is -2.64. The van der Waals surface area contributed by atoms with Gasteiger partial charge in [0.2, 0.25) is 6.29 Å². The predicted molar refractivity (Wildman–Crippen MR) is 82.4 cm³/mol. The highest BCUT2D eigenvalue weighted by Gasteiger charge is 2.20. The zero-order chi connectivity index (χ0) is 18.4. The van der Waals surface area contributed by atoms with E-state index >= 15 is 0 Å². The van der Waals surface area contributed by atoms with Gasteiger partial charge in [0.25, 0.3) is 0 Å². The molecule has 0 rings (SSSR count). The summed E-state index contributed by atoms with van der Waals surface area (Å²) in [5.74, 6) is -3.30. The van der Waals surface area contributed by atoms with Gasteiger partial charge in [0.1, 0.15) is 0 Å². The molecular weight excluding hydrogens is 320 g/mol. The summed E-state index contributed by atoms with van der Waals surface area (Å²) in [6.45, 7) is 7.10. The molecule has 0 unspecified atom stereocenters. The lowest BCUT2D eigenvalue weighted by Gasteiger charge is -2.18. The van der Waals surface area contributed by atoms with Gasteiger partial charge in [0, 0.05) is 18.6 Å². The molecule has 0 saturated carbocycles. The number of rotatable bonds is 12. The zero-order valence-corrected chi connectivity index (χ0v) is 13.7. The highest BCUT2D eigenvalue weighted by molar-refractivity contribution is 5.84. The summed E-state index contributed by atoms with van der Waals surface area (Å²) in [5.41, 5.74) is 0. The fraction of sp³-hybridized carbons (Fsp3) is 0.500. The maximum absolute atomic E-state index is 11.6. The van der Waals surface area contributed by atoms with Crippen molar-refractivity contribution in [1.82, 2.24) is 0 Å². The van der Waals surface area contributed by atoms with Gasteiger partial charge in [-0.05, 0) is 6.42 Å². The molecular formula is C16H22O8. The van der Waals surface area contributed by atoms with Crippen molar-refractivity contribution in [3.05, 3.63) is 25.3 Å². The van der Waals surface area contributed by atoms with Crippen LogP contribution in [0.5, 0.6) is 0 Å². The molecule has 0 aliphatic rings. The summed E-state index contributed by atoms with van der Waals surface area (Å²) in [4.78, 5) is 44.9. The fourth-order valence-corrected chi connectivity index (χ4v) is 1.44. The van der Waals surface area contributed by atoms with Crippen LogP contribution in [0.3, 0.4) is 0 Å². The van der Waals surface area contributed by atoms with Gasteiger partial charge in [0.05, 0.1) is 0 Å². The van der Waals surface area contributed by atoms with Gasteiger partial charge in [-0.1, -0.05) is 32.9 Å². The summed E-state index contributed by atoms with van der Waals surface area (Å²) in [7, 11) is 0. The first-order chi connectivity index (χ1) is 11.4. The van der Waals surface area contributed by atoms with Crippen molar-refractivity contribution in [3.8, 4) is 0 Å². The first-order valence-corrected chi connectivity index (χ1v) is 7.40. The Morgan fingerprint density at radius 1 is 0.875 bits per heavy atom. The molecule has 0 heterocycles. The molecule has 8 heteroatoms. The topological polar surface area (TPSA) is 105 Å². The average molecular weight is 342 g/mol.